The van der Waals surface area contributed by atoms with E-state index >= 15 is 0 Å². The van der Waals surface area contributed by atoms with E-state index in [1.165, 1.54) is 22.1 Å². The largest absolute Gasteiger partial charge is 0.298 e. The molecule has 0 unspecified atom stereocenters. The maximum absolute atomic E-state index is 12.2. The number of fused-ring (bicyclic) bond motifs is 1. The van der Waals surface area contributed by atoms with Gasteiger partial charge in [-0.05, 0) is 24.3 Å². The lowest BCUT2D eigenvalue weighted by atomic mass is 10.2. The van der Waals surface area contributed by atoms with Gasteiger partial charge in [0.1, 0.15) is 0 Å². The molecule has 0 saturated carbocycles. The van der Waals surface area contributed by atoms with Crippen molar-refractivity contribution in [1.29, 1.82) is 0 Å². The molecule has 0 bridgehead atoms. The Morgan fingerprint density at radius 2 is 2.05 bits per heavy atom. The van der Waals surface area contributed by atoms with E-state index in [0.29, 0.717) is 20.2 Å². The number of hydrogen-bond donors (Lipinski definition) is 0. The Balaban J connectivity index is 2.04. The summed E-state index contributed by atoms with van der Waals surface area (Å²) in [6.45, 7) is -0.0152. The van der Waals surface area contributed by atoms with Crippen LogP contribution in [0, 0.1) is 0 Å². The van der Waals surface area contributed by atoms with Crippen molar-refractivity contribution in [1.82, 2.24) is 9.55 Å². The summed E-state index contributed by atoms with van der Waals surface area (Å²) in [5, 5.41) is 0. The van der Waals surface area contributed by atoms with Crippen molar-refractivity contribution in [3.8, 4) is 0 Å². The quantitative estimate of drug-likeness (QED) is 0.699. The van der Waals surface area contributed by atoms with Crippen LogP contribution in [-0.2, 0) is 6.54 Å². The number of Topliss-reactive ketones (excluding diaryl/α,β-unsaturated/α-hetero) is 1. The summed E-state index contributed by atoms with van der Waals surface area (Å²) in [4.78, 5) is 28.7. The molecule has 4 nitrogen and oxygen atoms in total. The van der Waals surface area contributed by atoms with Crippen LogP contribution in [0.25, 0.3) is 11.0 Å². The first-order valence-electron chi connectivity index (χ1n) is 5.88. The summed E-state index contributed by atoms with van der Waals surface area (Å²) >= 11 is 7.03. The first-order chi connectivity index (χ1) is 9.65. The molecule has 2 aromatic heterocycles. The van der Waals surface area contributed by atoms with Crippen LogP contribution in [0.3, 0.4) is 0 Å². The van der Waals surface area contributed by atoms with E-state index in [9.17, 15) is 9.59 Å². The highest BCUT2D eigenvalue weighted by molar-refractivity contribution is 7.18. The number of carbonyl (C=O) groups excluding carboxylic acids is 1. The Labute approximate surface area is 123 Å². The first kappa shape index (κ1) is 13.0. The summed E-state index contributed by atoms with van der Waals surface area (Å²) in [5.41, 5.74) is 1.04. The van der Waals surface area contributed by atoms with Crippen LogP contribution < -0.4 is 5.56 Å². The highest BCUT2D eigenvalue weighted by Gasteiger charge is 2.12. The van der Waals surface area contributed by atoms with Gasteiger partial charge in [-0.3, -0.25) is 14.2 Å². The van der Waals surface area contributed by atoms with Gasteiger partial charge in [-0.2, -0.15) is 0 Å². The molecule has 3 aromatic rings. The highest BCUT2D eigenvalue weighted by Crippen LogP contribution is 2.22. The maximum Gasteiger partial charge on any atom is 0.269 e. The molecule has 0 atom stereocenters. The third kappa shape index (κ3) is 2.37. The number of para-hydroxylation sites is 2. The Hall–Kier alpha value is -1.98. The van der Waals surface area contributed by atoms with E-state index in [0.717, 1.165) is 0 Å². The Morgan fingerprint density at radius 3 is 2.80 bits per heavy atom. The fourth-order valence-electron chi connectivity index (χ4n) is 1.96. The fourth-order valence-corrected chi connectivity index (χ4v) is 2.94. The van der Waals surface area contributed by atoms with Crippen LogP contribution in [0.4, 0.5) is 0 Å². The fraction of sp³-hybridized carbons (Fsp3) is 0.0714. The number of hydrogen-bond acceptors (Lipinski definition) is 4. The molecule has 0 spiro atoms. The number of benzene rings is 1. The molecule has 0 aliphatic heterocycles. The van der Waals surface area contributed by atoms with Crippen LogP contribution in [-0.4, -0.2) is 15.3 Å². The van der Waals surface area contributed by atoms with E-state index in [4.69, 9.17) is 11.6 Å². The minimum atomic E-state index is -0.292. The number of rotatable bonds is 3. The van der Waals surface area contributed by atoms with Crippen molar-refractivity contribution in [3.63, 3.8) is 0 Å². The molecule has 0 fully saturated rings. The number of nitrogens with zero attached hydrogens (tertiary/aromatic N) is 2. The molecule has 0 amide bonds. The summed E-state index contributed by atoms with van der Waals surface area (Å²) < 4.78 is 1.98. The van der Waals surface area contributed by atoms with Gasteiger partial charge in [0, 0.05) is 0 Å². The zero-order valence-corrected chi connectivity index (χ0v) is 11.8. The molecule has 0 aliphatic rings. The predicted molar refractivity (Wildman–Crippen MR) is 79.7 cm³/mol. The second-order valence-corrected chi connectivity index (χ2v) is 5.91. The SMILES string of the molecule is O=C(Cn1c(=O)cnc2ccccc21)c1ccc(Cl)s1. The van der Waals surface area contributed by atoms with Crippen LogP contribution in [0.1, 0.15) is 9.67 Å². The van der Waals surface area contributed by atoms with E-state index in [2.05, 4.69) is 4.98 Å². The smallest absolute Gasteiger partial charge is 0.269 e. The highest BCUT2D eigenvalue weighted by atomic mass is 35.5. The molecule has 100 valence electrons. The van der Waals surface area contributed by atoms with E-state index in [1.54, 1.807) is 24.3 Å². The van der Waals surface area contributed by atoms with Crippen LogP contribution in [0.2, 0.25) is 4.34 Å². The molecule has 1 aromatic carbocycles. The third-order valence-corrected chi connectivity index (χ3v) is 4.17. The molecule has 0 radical (unpaired) electrons. The van der Waals surface area contributed by atoms with Gasteiger partial charge in [0.15, 0.2) is 5.78 Å². The first-order valence-corrected chi connectivity index (χ1v) is 7.08. The van der Waals surface area contributed by atoms with E-state index in [1.807, 2.05) is 12.1 Å². The standard InChI is InChI=1S/C14H9ClN2O2S/c15-13-6-5-12(20-13)11(18)8-17-10-4-2-1-3-9(10)16-7-14(17)19/h1-7H,8H2. The second-order valence-electron chi connectivity index (χ2n) is 4.20. The Morgan fingerprint density at radius 1 is 1.25 bits per heavy atom. The maximum atomic E-state index is 12.2. The van der Waals surface area contributed by atoms with Gasteiger partial charge in [-0.15, -0.1) is 11.3 Å². The molecule has 2 heterocycles. The lowest BCUT2D eigenvalue weighted by molar-refractivity contribution is 0.0976. The molecule has 0 aliphatic carbocycles. The zero-order valence-electron chi connectivity index (χ0n) is 10.2. The normalized spacial score (nSPS) is 10.8. The average Bonchev–Trinajstić information content (AvgIpc) is 2.89. The lowest BCUT2D eigenvalue weighted by Gasteiger charge is -2.07. The van der Waals surface area contributed by atoms with Gasteiger partial charge in [0.05, 0.1) is 33.0 Å². The minimum Gasteiger partial charge on any atom is -0.298 e. The van der Waals surface area contributed by atoms with Crippen molar-refractivity contribution < 1.29 is 4.79 Å². The van der Waals surface area contributed by atoms with Gasteiger partial charge in [0.2, 0.25) is 0 Å². The molecule has 0 N–H and O–H groups in total. The van der Waals surface area contributed by atoms with Gasteiger partial charge >= 0.3 is 0 Å². The Bertz CT molecular complexity index is 854. The van der Waals surface area contributed by atoms with Crippen LogP contribution in [0.15, 0.2) is 47.4 Å². The molecule has 3 rings (SSSR count). The lowest BCUT2D eigenvalue weighted by Crippen LogP contribution is -2.24. The number of ketones is 1. The van der Waals surface area contributed by atoms with Crippen molar-refractivity contribution in [2.75, 3.05) is 0 Å². The average molecular weight is 305 g/mol. The monoisotopic (exact) mass is 304 g/mol. The van der Waals surface area contributed by atoms with Gasteiger partial charge < -0.3 is 0 Å². The minimum absolute atomic E-state index is 0.0152. The van der Waals surface area contributed by atoms with Crippen LogP contribution >= 0.6 is 22.9 Å². The molecular formula is C14H9ClN2O2S. The predicted octanol–water partition coefficient (Wildman–Crippen LogP) is 2.99. The van der Waals surface area contributed by atoms with E-state index in [-0.39, 0.29) is 17.9 Å². The van der Waals surface area contributed by atoms with Crippen molar-refractivity contribution in [2.45, 2.75) is 6.54 Å². The van der Waals surface area contributed by atoms with Crippen molar-refractivity contribution in [3.05, 3.63) is 62.2 Å². The summed E-state index contributed by atoms with van der Waals surface area (Å²) in [6.07, 6.45) is 1.23. The van der Waals surface area contributed by atoms with Crippen molar-refractivity contribution >= 4 is 39.8 Å². The van der Waals surface area contributed by atoms with Crippen LogP contribution in [0.5, 0.6) is 0 Å². The number of aromatic nitrogens is 2. The number of halogens is 1. The number of carbonyl (C=O) groups is 1. The number of thiophene rings is 1. The molecule has 20 heavy (non-hydrogen) atoms. The topological polar surface area (TPSA) is 52.0 Å². The summed E-state index contributed by atoms with van der Waals surface area (Å²) in [5.74, 6) is -0.139. The molecule has 0 saturated heterocycles. The molecule has 6 heteroatoms. The van der Waals surface area contributed by atoms with Gasteiger partial charge in [-0.25, -0.2) is 4.98 Å². The summed E-state index contributed by atoms with van der Waals surface area (Å²) in [6, 6.07) is 10.6. The zero-order chi connectivity index (χ0) is 14.1. The van der Waals surface area contributed by atoms with Crippen molar-refractivity contribution in [2.24, 2.45) is 0 Å². The third-order valence-electron chi connectivity index (χ3n) is 2.90. The second kappa shape index (κ2) is 5.19. The Kier molecular flexibility index (Phi) is 3.38. The summed E-state index contributed by atoms with van der Waals surface area (Å²) in [7, 11) is 0. The van der Waals surface area contributed by atoms with Gasteiger partial charge in [0.25, 0.3) is 5.56 Å². The van der Waals surface area contributed by atoms with E-state index < -0.39 is 0 Å². The van der Waals surface area contributed by atoms with Gasteiger partial charge in [-0.1, -0.05) is 23.7 Å². The molecular weight excluding hydrogens is 296 g/mol.